The zero-order valence-electron chi connectivity index (χ0n) is 16.6. The SMILES string of the molecule is CCCC(C)(NC(=O)C1CCCN(C(=O)CCOc2ccccc2)C1)C(=O)O. The molecule has 7 nitrogen and oxygen atoms in total. The lowest BCUT2D eigenvalue weighted by Crippen LogP contribution is -2.55. The molecule has 1 aromatic rings. The maximum atomic E-state index is 12.6. The normalized spacial score (nSPS) is 18.8. The summed E-state index contributed by atoms with van der Waals surface area (Å²) < 4.78 is 5.57. The number of carboxylic acid groups (broad SMARTS) is 1. The van der Waals surface area contributed by atoms with Gasteiger partial charge >= 0.3 is 5.97 Å². The third-order valence-electron chi connectivity index (χ3n) is 5.09. The van der Waals surface area contributed by atoms with Crippen molar-refractivity contribution < 1.29 is 24.2 Å². The van der Waals surface area contributed by atoms with Crippen molar-refractivity contribution in [3.8, 4) is 5.75 Å². The van der Waals surface area contributed by atoms with Gasteiger partial charge in [0.15, 0.2) is 0 Å². The maximum Gasteiger partial charge on any atom is 0.329 e. The number of para-hydroxylation sites is 1. The highest BCUT2D eigenvalue weighted by atomic mass is 16.5. The van der Waals surface area contributed by atoms with Crippen molar-refractivity contribution in [2.24, 2.45) is 5.92 Å². The van der Waals surface area contributed by atoms with E-state index in [4.69, 9.17) is 4.74 Å². The average molecular weight is 390 g/mol. The quantitative estimate of drug-likeness (QED) is 0.675. The molecule has 1 aliphatic rings. The van der Waals surface area contributed by atoms with Crippen LogP contribution in [0.4, 0.5) is 0 Å². The molecule has 1 saturated heterocycles. The predicted octanol–water partition coefficient (Wildman–Crippen LogP) is 2.45. The van der Waals surface area contributed by atoms with Crippen LogP contribution in [0.25, 0.3) is 0 Å². The number of hydrogen-bond acceptors (Lipinski definition) is 4. The number of piperidine rings is 1. The van der Waals surface area contributed by atoms with Crippen molar-refractivity contribution in [1.29, 1.82) is 0 Å². The van der Waals surface area contributed by atoms with Gasteiger partial charge in [0, 0.05) is 13.1 Å². The van der Waals surface area contributed by atoms with Crippen LogP contribution in [-0.4, -0.2) is 53.0 Å². The lowest BCUT2D eigenvalue weighted by atomic mass is 9.92. The second-order valence-corrected chi connectivity index (χ2v) is 7.47. The minimum absolute atomic E-state index is 0.0528. The van der Waals surface area contributed by atoms with Crippen LogP contribution in [0.2, 0.25) is 0 Å². The number of ether oxygens (including phenoxy) is 1. The van der Waals surface area contributed by atoms with E-state index in [2.05, 4.69) is 5.32 Å². The molecule has 2 atom stereocenters. The summed E-state index contributed by atoms with van der Waals surface area (Å²) in [7, 11) is 0. The molecule has 1 fully saturated rings. The van der Waals surface area contributed by atoms with Crippen LogP contribution in [0.15, 0.2) is 30.3 Å². The zero-order valence-corrected chi connectivity index (χ0v) is 16.6. The second-order valence-electron chi connectivity index (χ2n) is 7.47. The highest BCUT2D eigenvalue weighted by molar-refractivity contribution is 5.88. The van der Waals surface area contributed by atoms with Gasteiger partial charge in [-0.25, -0.2) is 4.79 Å². The van der Waals surface area contributed by atoms with Crippen LogP contribution in [0.5, 0.6) is 5.75 Å². The minimum Gasteiger partial charge on any atom is -0.493 e. The standard InChI is InChI=1S/C21H30N2O5/c1-3-12-21(2,20(26)27)22-19(25)16-8-7-13-23(15-16)18(24)11-14-28-17-9-5-4-6-10-17/h4-6,9-10,16H,3,7-8,11-15H2,1-2H3,(H,22,25)(H,26,27). The number of benzene rings is 1. The summed E-state index contributed by atoms with van der Waals surface area (Å²) in [6.07, 6.45) is 2.63. The van der Waals surface area contributed by atoms with E-state index in [9.17, 15) is 19.5 Å². The van der Waals surface area contributed by atoms with E-state index < -0.39 is 11.5 Å². The number of nitrogens with one attached hydrogen (secondary N) is 1. The molecule has 7 heteroatoms. The second kappa shape index (κ2) is 10.1. The summed E-state index contributed by atoms with van der Waals surface area (Å²) in [5.74, 6) is -1.05. The molecule has 1 heterocycles. The van der Waals surface area contributed by atoms with E-state index in [0.29, 0.717) is 32.4 Å². The molecular weight excluding hydrogens is 360 g/mol. The summed E-state index contributed by atoms with van der Waals surface area (Å²) >= 11 is 0. The third-order valence-corrected chi connectivity index (χ3v) is 5.09. The fourth-order valence-corrected chi connectivity index (χ4v) is 3.45. The van der Waals surface area contributed by atoms with Crippen molar-refractivity contribution in [3.05, 3.63) is 30.3 Å². The minimum atomic E-state index is -1.28. The Bertz CT molecular complexity index is 679. The first-order valence-corrected chi connectivity index (χ1v) is 9.86. The van der Waals surface area contributed by atoms with E-state index in [-0.39, 0.29) is 30.8 Å². The fourth-order valence-electron chi connectivity index (χ4n) is 3.45. The Balaban J connectivity index is 1.85. The van der Waals surface area contributed by atoms with Crippen LogP contribution < -0.4 is 10.1 Å². The van der Waals surface area contributed by atoms with Crippen molar-refractivity contribution in [3.63, 3.8) is 0 Å². The average Bonchev–Trinajstić information content (AvgIpc) is 2.69. The number of carbonyl (C=O) groups is 3. The Kier molecular flexibility index (Phi) is 7.84. The first-order valence-electron chi connectivity index (χ1n) is 9.86. The molecule has 28 heavy (non-hydrogen) atoms. The van der Waals surface area contributed by atoms with Crippen LogP contribution >= 0.6 is 0 Å². The van der Waals surface area contributed by atoms with Gasteiger partial charge in [-0.2, -0.15) is 0 Å². The zero-order chi connectivity index (χ0) is 20.6. The molecule has 2 unspecified atom stereocenters. The fraction of sp³-hybridized carbons (Fsp3) is 0.571. The lowest BCUT2D eigenvalue weighted by molar-refractivity contribution is -0.148. The van der Waals surface area contributed by atoms with E-state index in [0.717, 1.165) is 12.2 Å². The van der Waals surface area contributed by atoms with Gasteiger partial charge in [-0.1, -0.05) is 31.5 Å². The number of likely N-dealkylation sites (tertiary alicyclic amines) is 1. The summed E-state index contributed by atoms with van der Waals surface area (Å²) in [4.78, 5) is 38.3. The number of amides is 2. The molecule has 154 valence electrons. The topological polar surface area (TPSA) is 95.9 Å². The van der Waals surface area contributed by atoms with Crippen molar-refractivity contribution in [2.75, 3.05) is 19.7 Å². The van der Waals surface area contributed by atoms with Crippen LogP contribution in [0, 0.1) is 5.92 Å². The van der Waals surface area contributed by atoms with E-state index >= 15 is 0 Å². The molecule has 2 rings (SSSR count). The van der Waals surface area contributed by atoms with Gasteiger partial charge < -0.3 is 20.1 Å². The number of aliphatic carboxylic acids is 1. The molecule has 0 aromatic heterocycles. The number of carboxylic acids is 1. The Morgan fingerprint density at radius 3 is 2.64 bits per heavy atom. The van der Waals surface area contributed by atoms with Crippen molar-refractivity contribution >= 4 is 17.8 Å². The molecule has 2 amide bonds. The largest absolute Gasteiger partial charge is 0.493 e. The Morgan fingerprint density at radius 2 is 2.00 bits per heavy atom. The first-order chi connectivity index (χ1) is 13.4. The van der Waals surface area contributed by atoms with Gasteiger partial charge in [0.2, 0.25) is 11.8 Å². The van der Waals surface area contributed by atoms with Crippen molar-refractivity contribution in [1.82, 2.24) is 10.2 Å². The molecular formula is C21H30N2O5. The lowest BCUT2D eigenvalue weighted by Gasteiger charge is -2.34. The molecule has 0 radical (unpaired) electrons. The van der Waals surface area contributed by atoms with Gasteiger partial charge in [-0.05, 0) is 38.3 Å². The Morgan fingerprint density at radius 1 is 1.29 bits per heavy atom. The monoisotopic (exact) mass is 390 g/mol. The van der Waals surface area contributed by atoms with Gasteiger partial charge in [0.1, 0.15) is 11.3 Å². The highest BCUT2D eigenvalue weighted by Gasteiger charge is 2.37. The van der Waals surface area contributed by atoms with Gasteiger partial charge in [0.25, 0.3) is 0 Å². The van der Waals surface area contributed by atoms with Gasteiger partial charge in [-0.15, -0.1) is 0 Å². The first kappa shape index (κ1) is 21.7. The van der Waals surface area contributed by atoms with Crippen LogP contribution in [0.1, 0.15) is 46.0 Å². The highest BCUT2D eigenvalue weighted by Crippen LogP contribution is 2.20. The number of rotatable bonds is 9. The summed E-state index contributed by atoms with van der Waals surface area (Å²) in [5.41, 5.74) is -1.28. The van der Waals surface area contributed by atoms with E-state index in [1.807, 2.05) is 37.3 Å². The molecule has 0 saturated carbocycles. The smallest absolute Gasteiger partial charge is 0.329 e. The molecule has 0 aliphatic carbocycles. The Hall–Kier alpha value is -2.57. The summed E-state index contributed by atoms with van der Waals surface area (Å²) in [6.45, 7) is 4.62. The third kappa shape index (κ3) is 5.97. The molecule has 2 N–H and O–H groups in total. The van der Waals surface area contributed by atoms with E-state index in [1.165, 1.54) is 6.92 Å². The molecule has 1 aliphatic heterocycles. The van der Waals surface area contributed by atoms with Crippen LogP contribution in [0.3, 0.4) is 0 Å². The number of hydrogen-bond donors (Lipinski definition) is 2. The Labute approximate surface area is 166 Å². The maximum absolute atomic E-state index is 12.6. The van der Waals surface area contributed by atoms with Crippen molar-refractivity contribution in [2.45, 2.75) is 51.5 Å². The summed E-state index contributed by atoms with van der Waals surface area (Å²) in [6, 6.07) is 9.30. The predicted molar refractivity (Wildman–Crippen MR) is 105 cm³/mol. The van der Waals surface area contributed by atoms with Gasteiger partial charge in [0.05, 0.1) is 18.9 Å². The summed E-state index contributed by atoms with van der Waals surface area (Å²) in [5, 5.41) is 12.1. The molecule has 1 aromatic carbocycles. The molecule has 0 spiro atoms. The molecule has 0 bridgehead atoms. The van der Waals surface area contributed by atoms with Gasteiger partial charge in [-0.3, -0.25) is 9.59 Å². The van der Waals surface area contributed by atoms with Crippen LogP contribution in [-0.2, 0) is 14.4 Å². The number of carbonyl (C=O) groups excluding carboxylic acids is 2. The van der Waals surface area contributed by atoms with E-state index in [1.54, 1.807) is 4.90 Å². The number of nitrogens with zero attached hydrogens (tertiary/aromatic N) is 1.